The average Bonchev–Trinajstić information content (AvgIpc) is 2.58. The molecule has 0 fully saturated rings. The fraction of sp³-hybridized carbons (Fsp3) is 0.278. The number of amidine groups is 1. The van der Waals surface area contributed by atoms with Gasteiger partial charge in [-0.3, -0.25) is 5.41 Å². The minimum atomic E-state index is 0.0602. The molecule has 0 unspecified atom stereocenters. The Balaban J connectivity index is 1.65. The maximum absolute atomic E-state index is 7.33. The number of hydrogen-bond acceptors (Lipinski definition) is 4. The summed E-state index contributed by atoms with van der Waals surface area (Å²) in [6.07, 6.45) is 1.78. The largest absolute Gasteiger partial charge is 0.494 e. The second-order valence-corrected chi connectivity index (χ2v) is 4.99. The van der Waals surface area contributed by atoms with Crippen LogP contribution in [0.3, 0.4) is 0 Å². The molecule has 5 nitrogen and oxygen atoms in total. The summed E-state index contributed by atoms with van der Waals surface area (Å²) in [5.41, 5.74) is 6.10. The molecule has 0 saturated heterocycles. The second-order valence-electron chi connectivity index (χ2n) is 4.99. The standard InChI is InChI=1S/C18H22N2O3/c1-21-16-6-2-3-7-17(16)23-13-5-4-12-22-15-10-8-14(9-11-15)18(19)20/h2-3,6-11H,4-5,12-13H2,1H3,(H3,19,20). The summed E-state index contributed by atoms with van der Waals surface area (Å²) in [5, 5.41) is 7.33. The van der Waals surface area contributed by atoms with Crippen molar-refractivity contribution in [2.75, 3.05) is 20.3 Å². The Morgan fingerprint density at radius 1 is 0.913 bits per heavy atom. The Morgan fingerprint density at radius 3 is 2.13 bits per heavy atom. The first kappa shape index (κ1) is 16.7. The van der Waals surface area contributed by atoms with Crippen LogP contribution in [-0.2, 0) is 0 Å². The van der Waals surface area contributed by atoms with Gasteiger partial charge in [0.25, 0.3) is 0 Å². The first-order valence-electron chi connectivity index (χ1n) is 7.54. The molecule has 0 aliphatic heterocycles. The Kier molecular flexibility index (Phi) is 6.29. The number of nitrogens with two attached hydrogens (primary N) is 1. The molecular weight excluding hydrogens is 292 g/mol. The van der Waals surface area contributed by atoms with Crippen molar-refractivity contribution in [3.63, 3.8) is 0 Å². The molecule has 5 heteroatoms. The van der Waals surface area contributed by atoms with Crippen LogP contribution >= 0.6 is 0 Å². The third-order valence-electron chi connectivity index (χ3n) is 3.30. The molecule has 0 aromatic heterocycles. The van der Waals surface area contributed by atoms with Crippen LogP contribution in [0, 0.1) is 5.41 Å². The molecule has 0 heterocycles. The molecule has 3 N–H and O–H groups in total. The lowest BCUT2D eigenvalue weighted by molar-refractivity contribution is 0.258. The monoisotopic (exact) mass is 314 g/mol. The third kappa shape index (κ3) is 5.21. The van der Waals surface area contributed by atoms with Gasteiger partial charge in [0.15, 0.2) is 11.5 Å². The van der Waals surface area contributed by atoms with E-state index in [2.05, 4.69) is 0 Å². The van der Waals surface area contributed by atoms with Gasteiger partial charge in [0.05, 0.1) is 20.3 Å². The van der Waals surface area contributed by atoms with Crippen LogP contribution in [0.1, 0.15) is 18.4 Å². The molecule has 23 heavy (non-hydrogen) atoms. The van der Waals surface area contributed by atoms with Crippen molar-refractivity contribution in [3.8, 4) is 17.2 Å². The maximum atomic E-state index is 7.33. The summed E-state index contributed by atoms with van der Waals surface area (Å²) in [6, 6.07) is 14.8. The van der Waals surface area contributed by atoms with Gasteiger partial charge in [-0.05, 0) is 49.2 Å². The molecule has 2 aromatic rings. The number of nitrogens with one attached hydrogen (secondary N) is 1. The Hall–Kier alpha value is -2.69. The van der Waals surface area contributed by atoms with E-state index in [-0.39, 0.29) is 5.84 Å². The number of unbranched alkanes of at least 4 members (excludes halogenated alkanes) is 1. The van der Waals surface area contributed by atoms with E-state index >= 15 is 0 Å². The molecule has 0 radical (unpaired) electrons. The van der Waals surface area contributed by atoms with Crippen molar-refractivity contribution in [2.24, 2.45) is 5.73 Å². The smallest absolute Gasteiger partial charge is 0.161 e. The first-order valence-corrected chi connectivity index (χ1v) is 7.54. The number of rotatable bonds is 9. The molecule has 122 valence electrons. The number of benzene rings is 2. The second kappa shape index (κ2) is 8.68. The van der Waals surface area contributed by atoms with Gasteiger partial charge < -0.3 is 19.9 Å². The number of ether oxygens (including phenoxy) is 3. The summed E-state index contributed by atoms with van der Waals surface area (Å²) in [4.78, 5) is 0. The molecule has 0 bridgehead atoms. The SMILES string of the molecule is COc1ccccc1OCCCCOc1ccc(C(=N)N)cc1. The topological polar surface area (TPSA) is 77.6 Å². The van der Waals surface area contributed by atoms with E-state index in [4.69, 9.17) is 25.4 Å². The van der Waals surface area contributed by atoms with Crippen LogP contribution in [-0.4, -0.2) is 26.2 Å². The minimum absolute atomic E-state index is 0.0602. The Bertz CT molecular complexity index is 626. The zero-order chi connectivity index (χ0) is 16.5. The molecule has 2 aromatic carbocycles. The summed E-state index contributed by atoms with van der Waals surface area (Å²) in [7, 11) is 1.63. The van der Waals surface area contributed by atoms with Gasteiger partial charge in [0.2, 0.25) is 0 Å². The van der Waals surface area contributed by atoms with E-state index in [0.717, 1.165) is 30.1 Å². The van der Waals surface area contributed by atoms with Gasteiger partial charge in [-0.1, -0.05) is 12.1 Å². The molecule has 2 rings (SSSR count). The van der Waals surface area contributed by atoms with E-state index in [1.165, 1.54) is 0 Å². The number of hydrogen-bond donors (Lipinski definition) is 2. The number of methoxy groups -OCH3 is 1. The first-order chi connectivity index (χ1) is 11.2. The third-order valence-corrected chi connectivity index (χ3v) is 3.30. The highest BCUT2D eigenvalue weighted by Crippen LogP contribution is 2.25. The predicted octanol–water partition coefficient (Wildman–Crippen LogP) is 3.22. The van der Waals surface area contributed by atoms with Gasteiger partial charge >= 0.3 is 0 Å². The zero-order valence-electron chi connectivity index (χ0n) is 13.2. The van der Waals surface area contributed by atoms with Crippen molar-refractivity contribution >= 4 is 5.84 Å². The van der Waals surface area contributed by atoms with Crippen molar-refractivity contribution < 1.29 is 14.2 Å². The lowest BCUT2D eigenvalue weighted by Crippen LogP contribution is -2.10. The van der Waals surface area contributed by atoms with Crippen LogP contribution in [0.25, 0.3) is 0 Å². The molecule has 0 amide bonds. The predicted molar refractivity (Wildman–Crippen MR) is 90.7 cm³/mol. The summed E-state index contributed by atoms with van der Waals surface area (Å²) < 4.78 is 16.6. The van der Waals surface area contributed by atoms with Crippen LogP contribution < -0.4 is 19.9 Å². The Labute approximate surface area is 136 Å². The van der Waals surface area contributed by atoms with Crippen molar-refractivity contribution in [1.29, 1.82) is 5.41 Å². The minimum Gasteiger partial charge on any atom is -0.494 e. The van der Waals surface area contributed by atoms with Crippen LogP contribution in [0.15, 0.2) is 48.5 Å². The van der Waals surface area contributed by atoms with E-state index in [0.29, 0.717) is 18.8 Å². The van der Waals surface area contributed by atoms with Crippen LogP contribution in [0.5, 0.6) is 17.2 Å². The zero-order valence-corrected chi connectivity index (χ0v) is 13.2. The lowest BCUT2D eigenvalue weighted by Gasteiger charge is -2.10. The van der Waals surface area contributed by atoms with Gasteiger partial charge in [-0.25, -0.2) is 0 Å². The van der Waals surface area contributed by atoms with E-state index in [1.807, 2.05) is 36.4 Å². The van der Waals surface area contributed by atoms with Gasteiger partial charge in [0.1, 0.15) is 11.6 Å². The summed E-state index contributed by atoms with van der Waals surface area (Å²) in [6.45, 7) is 1.24. The molecule has 0 aliphatic carbocycles. The average molecular weight is 314 g/mol. The quantitative estimate of drug-likeness (QED) is 0.423. The van der Waals surface area contributed by atoms with Gasteiger partial charge in [-0.15, -0.1) is 0 Å². The fourth-order valence-corrected chi connectivity index (χ4v) is 2.05. The van der Waals surface area contributed by atoms with Crippen molar-refractivity contribution in [2.45, 2.75) is 12.8 Å². The Morgan fingerprint density at radius 2 is 1.52 bits per heavy atom. The summed E-state index contributed by atoms with van der Waals surface area (Å²) in [5.74, 6) is 2.34. The highest BCUT2D eigenvalue weighted by atomic mass is 16.5. The fourth-order valence-electron chi connectivity index (χ4n) is 2.05. The van der Waals surface area contributed by atoms with E-state index in [1.54, 1.807) is 19.2 Å². The van der Waals surface area contributed by atoms with Crippen molar-refractivity contribution in [3.05, 3.63) is 54.1 Å². The highest BCUT2D eigenvalue weighted by Gasteiger charge is 2.02. The van der Waals surface area contributed by atoms with E-state index in [9.17, 15) is 0 Å². The summed E-state index contributed by atoms with van der Waals surface area (Å²) >= 11 is 0. The molecular formula is C18H22N2O3. The highest BCUT2D eigenvalue weighted by molar-refractivity contribution is 5.94. The van der Waals surface area contributed by atoms with Gasteiger partial charge in [-0.2, -0.15) is 0 Å². The molecule has 0 spiro atoms. The normalized spacial score (nSPS) is 10.1. The lowest BCUT2D eigenvalue weighted by atomic mass is 10.2. The van der Waals surface area contributed by atoms with Crippen LogP contribution in [0.2, 0.25) is 0 Å². The molecule has 0 saturated carbocycles. The number of nitrogen functional groups attached to an aromatic ring is 1. The van der Waals surface area contributed by atoms with Crippen LogP contribution in [0.4, 0.5) is 0 Å². The van der Waals surface area contributed by atoms with E-state index < -0.39 is 0 Å². The van der Waals surface area contributed by atoms with Gasteiger partial charge in [0, 0.05) is 5.56 Å². The molecule has 0 atom stereocenters. The maximum Gasteiger partial charge on any atom is 0.161 e. The molecule has 0 aliphatic rings. The van der Waals surface area contributed by atoms with Crippen molar-refractivity contribution in [1.82, 2.24) is 0 Å². The number of para-hydroxylation sites is 2.